The lowest BCUT2D eigenvalue weighted by molar-refractivity contribution is 0.0128. The van der Waals surface area contributed by atoms with Gasteiger partial charge in [-0.2, -0.15) is 0 Å². The Morgan fingerprint density at radius 2 is 2.06 bits per heavy atom. The molecular weight excluding hydrogens is 206 g/mol. The maximum atomic E-state index is 11.8. The number of methoxy groups -OCH3 is 1. The average molecular weight is 227 g/mol. The Morgan fingerprint density at radius 1 is 1.38 bits per heavy atom. The quantitative estimate of drug-likeness (QED) is 0.645. The normalized spacial score (nSPS) is 21.8. The van der Waals surface area contributed by atoms with Crippen molar-refractivity contribution in [3.63, 3.8) is 0 Å². The zero-order valence-electron chi connectivity index (χ0n) is 10.5. The first-order valence-corrected chi connectivity index (χ1v) is 5.58. The molecule has 0 bridgehead atoms. The highest BCUT2D eigenvalue weighted by Crippen LogP contribution is 2.13. The van der Waals surface area contributed by atoms with E-state index in [0.29, 0.717) is 13.1 Å². The summed E-state index contributed by atoms with van der Waals surface area (Å²) in [6, 6.07) is 0. The lowest BCUT2D eigenvalue weighted by atomic mass is 10.2. The highest BCUT2D eigenvalue weighted by Gasteiger charge is 2.24. The SMILES string of the molecule is COC1CC=CCN(C(=O)OC(C)(C)C)C1. The molecule has 0 aliphatic carbocycles. The molecule has 1 heterocycles. The molecule has 0 fully saturated rings. The standard InChI is InChI=1S/C12H21NO3/c1-12(2,3)16-11(14)13-8-6-5-7-10(9-13)15-4/h5-6,10H,7-9H2,1-4H3. The molecule has 0 aromatic heterocycles. The summed E-state index contributed by atoms with van der Waals surface area (Å²) < 4.78 is 10.6. The minimum absolute atomic E-state index is 0.0614. The fraction of sp³-hybridized carbons (Fsp3) is 0.750. The maximum Gasteiger partial charge on any atom is 0.410 e. The van der Waals surface area contributed by atoms with Crippen molar-refractivity contribution in [3.05, 3.63) is 12.2 Å². The molecule has 1 unspecified atom stereocenters. The van der Waals surface area contributed by atoms with Crippen LogP contribution in [0, 0.1) is 0 Å². The highest BCUT2D eigenvalue weighted by molar-refractivity contribution is 5.68. The van der Waals surface area contributed by atoms with Crippen molar-refractivity contribution in [2.45, 2.75) is 38.9 Å². The van der Waals surface area contributed by atoms with Crippen LogP contribution in [-0.2, 0) is 9.47 Å². The van der Waals surface area contributed by atoms with Crippen LogP contribution in [0.4, 0.5) is 4.79 Å². The van der Waals surface area contributed by atoms with Crippen LogP contribution in [0.25, 0.3) is 0 Å². The average Bonchev–Trinajstić information content (AvgIpc) is 2.39. The van der Waals surface area contributed by atoms with Gasteiger partial charge in [0, 0.05) is 13.7 Å². The van der Waals surface area contributed by atoms with Crippen molar-refractivity contribution in [2.75, 3.05) is 20.2 Å². The van der Waals surface area contributed by atoms with Gasteiger partial charge in [0.15, 0.2) is 0 Å². The molecule has 1 atom stereocenters. The molecule has 0 saturated heterocycles. The third-order valence-corrected chi connectivity index (χ3v) is 2.30. The monoisotopic (exact) mass is 227 g/mol. The fourth-order valence-corrected chi connectivity index (χ4v) is 1.49. The topological polar surface area (TPSA) is 38.8 Å². The number of hydrogen-bond acceptors (Lipinski definition) is 3. The second-order valence-electron chi connectivity index (χ2n) is 4.95. The van der Waals surface area contributed by atoms with Crippen LogP contribution in [0.15, 0.2) is 12.2 Å². The summed E-state index contributed by atoms with van der Waals surface area (Å²) in [5, 5.41) is 0. The van der Waals surface area contributed by atoms with Gasteiger partial charge in [0.25, 0.3) is 0 Å². The fourth-order valence-electron chi connectivity index (χ4n) is 1.49. The Hall–Kier alpha value is -1.03. The summed E-state index contributed by atoms with van der Waals surface area (Å²) >= 11 is 0. The highest BCUT2D eigenvalue weighted by atomic mass is 16.6. The number of carbonyl (C=O) groups excluding carboxylic acids is 1. The van der Waals surface area contributed by atoms with Crippen LogP contribution in [0.3, 0.4) is 0 Å². The second-order valence-corrected chi connectivity index (χ2v) is 4.95. The number of amides is 1. The van der Waals surface area contributed by atoms with Gasteiger partial charge in [-0.3, -0.25) is 0 Å². The third-order valence-electron chi connectivity index (χ3n) is 2.30. The summed E-state index contributed by atoms with van der Waals surface area (Å²) in [5.41, 5.74) is -0.449. The molecule has 1 aliphatic rings. The van der Waals surface area contributed by atoms with E-state index in [9.17, 15) is 4.79 Å². The molecule has 0 spiro atoms. The van der Waals surface area contributed by atoms with Crippen LogP contribution < -0.4 is 0 Å². The van der Waals surface area contributed by atoms with E-state index < -0.39 is 5.60 Å². The summed E-state index contributed by atoms with van der Waals surface area (Å²) in [4.78, 5) is 13.5. The van der Waals surface area contributed by atoms with Gasteiger partial charge in [-0.25, -0.2) is 4.79 Å². The maximum absolute atomic E-state index is 11.8. The van der Waals surface area contributed by atoms with Crippen LogP contribution in [-0.4, -0.2) is 42.9 Å². The Balaban J connectivity index is 2.57. The first-order chi connectivity index (χ1) is 7.42. The summed E-state index contributed by atoms with van der Waals surface area (Å²) in [6.07, 6.45) is 4.64. The van der Waals surface area contributed by atoms with Gasteiger partial charge in [-0.05, 0) is 27.2 Å². The molecule has 1 amide bonds. The van der Waals surface area contributed by atoms with Crippen molar-refractivity contribution in [3.8, 4) is 0 Å². The number of hydrogen-bond donors (Lipinski definition) is 0. The van der Waals surface area contributed by atoms with Crippen LogP contribution in [0.1, 0.15) is 27.2 Å². The van der Waals surface area contributed by atoms with Gasteiger partial charge in [0.1, 0.15) is 5.60 Å². The summed E-state index contributed by atoms with van der Waals surface area (Å²) in [5.74, 6) is 0. The lowest BCUT2D eigenvalue weighted by Crippen LogP contribution is -2.40. The Bertz CT molecular complexity index is 268. The predicted molar refractivity (Wildman–Crippen MR) is 62.4 cm³/mol. The number of nitrogens with zero attached hydrogens (tertiary/aromatic N) is 1. The molecule has 4 heteroatoms. The minimum Gasteiger partial charge on any atom is -0.444 e. The predicted octanol–water partition coefficient (Wildman–Crippen LogP) is 2.20. The molecule has 1 rings (SSSR count). The van der Waals surface area contributed by atoms with Gasteiger partial charge in [-0.15, -0.1) is 0 Å². The molecule has 0 aromatic carbocycles. The van der Waals surface area contributed by atoms with Crippen molar-refractivity contribution in [1.29, 1.82) is 0 Å². The van der Waals surface area contributed by atoms with Gasteiger partial charge in [-0.1, -0.05) is 12.2 Å². The minimum atomic E-state index is -0.449. The van der Waals surface area contributed by atoms with Crippen molar-refractivity contribution < 1.29 is 14.3 Å². The van der Waals surface area contributed by atoms with Crippen molar-refractivity contribution >= 4 is 6.09 Å². The largest absolute Gasteiger partial charge is 0.444 e. The van der Waals surface area contributed by atoms with E-state index in [2.05, 4.69) is 0 Å². The van der Waals surface area contributed by atoms with Gasteiger partial charge in [0.05, 0.1) is 12.6 Å². The molecule has 92 valence electrons. The van der Waals surface area contributed by atoms with E-state index in [0.717, 1.165) is 6.42 Å². The van der Waals surface area contributed by atoms with Crippen LogP contribution in [0.5, 0.6) is 0 Å². The van der Waals surface area contributed by atoms with E-state index >= 15 is 0 Å². The molecule has 0 radical (unpaired) electrons. The Labute approximate surface area is 97.2 Å². The van der Waals surface area contributed by atoms with Crippen molar-refractivity contribution in [2.24, 2.45) is 0 Å². The van der Waals surface area contributed by atoms with E-state index in [1.165, 1.54) is 0 Å². The second kappa shape index (κ2) is 5.34. The zero-order valence-corrected chi connectivity index (χ0v) is 10.5. The number of rotatable bonds is 1. The summed E-state index contributed by atoms with van der Waals surface area (Å²) in [6.45, 7) is 6.78. The van der Waals surface area contributed by atoms with Crippen LogP contribution in [0.2, 0.25) is 0 Å². The Morgan fingerprint density at radius 3 is 2.62 bits per heavy atom. The third kappa shape index (κ3) is 4.23. The molecule has 0 N–H and O–H groups in total. The first-order valence-electron chi connectivity index (χ1n) is 5.58. The van der Waals surface area contributed by atoms with E-state index in [1.54, 1.807) is 12.0 Å². The van der Waals surface area contributed by atoms with Gasteiger partial charge < -0.3 is 14.4 Å². The van der Waals surface area contributed by atoms with Crippen LogP contribution >= 0.6 is 0 Å². The molecule has 1 aliphatic heterocycles. The Kier molecular flexibility index (Phi) is 4.35. The molecular formula is C12H21NO3. The molecule has 16 heavy (non-hydrogen) atoms. The van der Waals surface area contributed by atoms with Gasteiger partial charge >= 0.3 is 6.09 Å². The van der Waals surface area contributed by atoms with E-state index in [1.807, 2.05) is 32.9 Å². The lowest BCUT2D eigenvalue weighted by Gasteiger charge is -2.27. The molecule has 0 aromatic rings. The number of carbonyl (C=O) groups is 1. The zero-order chi connectivity index (χ0) is 12.2. The smallest absolute Gasteiger partial charge is 0.410 e. The summed E-state index contributed by atoms with van der Waals surface area (Å²) in [7, 11) is 1.66. The molecule has 0 saturated carbocycles. The molecule has 4 nitrogen and oxygen atoms in total. The van der Waals surface area contributed by atoms with Gasteiger partial charge in [0.2, 0.25) is 0 Å². The van der Waals surface area contributed by atoms with E-state index in [4.69, 9.17) is 9.47 Å². The van der Waals surface area contributed by atoms with E-state index in [-0.39, 0.29) is 12.2 Å². The number of ether oxygens (including phenoxy) is 2. The first kappa shape index (κ1) is 13.0. The van der Waals surface area contributed by atoms with Crippen molar-refractivity contribution in [1.82, 2.24) is 4.90 Å².